The maximum Gasteiger partial charge on any atom is 0.271 e. The minimum absolute atomic E-state index is 0.204. The molecule has 0 unspecified atom stereocenters. The summed E-state index contributed by atoms with van der Waals surface area (Å²) >= 11 is 0. The average molecular weight is 355 g/mol. The molecule has 0 spiro atoms. The van der Waals surface area contributed by atoms with Crippen LogP contribution in [0.2, 0.25) is 0 Å². The maximum absolute atomic E-state index is 12.2. The van der Waals surface area contributed by atoms with Gasteiger partial charge in [0.25, 0.3) is 5.91 Å². The monoisotopic (exact) mass is 355 g/mol. The molecule has 2 aromatic rings. The number of para-hydroxylation sites is 1. The number of carbonyl (C=O) groups is 1. The molecule has 3 rings (SSSR count). The molecular weight excluding hydrogens is 330 g/mol. The highest BCUT2D eigenvalue weighted by Crippen LogP contribution is 2.22. The Balaban J connectivity index is 1.52. The summed E-state index contributed by atoms with van der Waals surface area (Å²) in [7, 11) is 0. The van der Waals surface area contributed by atoms with Crippen molar-refractivity contribution in [3.05, 3.63) is 47.2 Å². The first-order chi connectivity index (χ1) is 12.6. The van der Waals surface area contributed by atoms with Gasteiger partial charge in [0.1, 0.15) is 0 Å². The lowest BCUT2D eigenvalue weighted by Crippen LogP contribution is -2.41. The summed E-state index contributed by atoms with van der Waals surface area (Å²) in [4.78, 5) is 14.5. The summed E-state index contributed by atoms with van der Waals surface area (Å²) in [5.41, 5.74) is 3.61. The van der Waals surface area contributed by atoms with E-state index in [0.29, 0.717) is 18.1 Å². The van der Waals surface area contributed by atoms with Crippen molar-refractivity contribution in [2.45, 2.75) is 13.8 Å². The fourth-order valence-electron chi connectivity index (χ4n) is 2.90. The molecule has 1 aromatic carbocycles. The van der Waals surface area contributed by atoms with Gasteiger partial charge in [-0.05, 0) is 37.1 Å². The van der Waals surface area contributed by atoms with Gasteiger partial charge in [0.05, 0.1) is 13.2 Å². The second-order valence-corrected chi connectivity index (χ2v) is 6.41. The summed E-state index contributed by atoms with van der Waals surface area (Å²) in [5.74, 6) is 0.414. The number of aryl methyl sites for hydroxylation is 2. The zero-order valence-corrected chi connectivity index (χ0v) is 15.3. The predicted octanol–water partition coefficient (Wildman–Crippen LogP) is 1.90. The van der Waals surface area contributed by atoms with E-state index in [4.69, 9.17) is 4.74 Å². The molecule has 1 aliphatic rings. The molecule has 1 saturated heterocycles. The summed E-state index contributed by atoms with van der Waals surface area (Å²) in [6, 6.07) is 9.56. The van der Waals surface area contributed by atoms with Crippen molar-refractivity contribution in [1.82, 2.24) is 20.4 Å². The van der Waals surface area contributed by atoms with Crippen LogP contribution in [0.3, 0.4) is 0 Å². The van der Waals surface area contributed by atoms with Gasteiger partial charge in [0.15, 0.2) is 11.5 Å². The Morgan fingerprint density at radius 1 is 1.12 bits per heavy atom. The van der Waals surface area contributed by atoms with Gasteiger partial charge in [0.2, 0.25) is 0 Å². The van der Waals surface area contributed by atoms with Crippen LogP contribution in [0.5, 0.6) is 0 Å². The highest BCUT2D eigenvalue weighted by Gasteiger charge is 2.12. The van der Waals surface area contributed by atoms with Gasteiger partial charge in [-0.3, -0.25) is 9.69 Å². The number of nitrogens with zero attached hydrogens (tertiary/aromatic N) is 3. The Bertz CT molecular complexity index is 722. The summed E-state index contributed by atoms with van der Waals surface area (Å²) in [6.45, 7) is 8.82. The predicted molar refractivity (Wildman–Crippen MR) is 101 cm³/mol. The molecule has 1 aromatic heterocycles. The lowest BCUT2D eigenvalue weighted by atomic mass is 10.1. The summed E-state index contributed by atoms with van der Waals surface area (Å²) < 4.78 is 5.31. The number of nitrogens with one attached hydrogen (secondary N) is 2. The van der Waals surface area contributed by atoms with E-state index >= 15 is 0 Å². The van der Waals surface area contributed by atoms with E-state index in [2.05, 4.69) is 25.7 Å². The lowest BCUT2D eigenvalue weighted by Gasteiger charge is -2.26. The Kier molecular flexibility index (Phi) is 6.14. The van der Waals surface area contributed by atoms with E-state index in [9.17, 15) is 4.79 Å². The van der Waals surface area contributed by atoms with Gasteiger partial charge in [-0.2, -0.15) is 0 Å². The van der Waals surface area contributed by atoms with Crippen molar-refractivity contribution in [2.24, 2.45) is 0 Å². The van der Waals surface area contributed by atoms with Crippen LogP contribution in [-0.4, -0.2) is 60.4 Å². The van der Waals surface area contributed by atoms with Gasteiger partial charge in [0, 0.05) is 31.9 Å². The van der Waals surface area contributed by atoms with E-state index in [1.807, 2.05) is 32.0 Å². The van der Waals surface area contributed by atoms with E-state index in [1.165, 1.54) is 0 Å². The molecule has 7 nitrogen and oxygen atoms in total. The normalized spacial score (nSPS) is 14.8. The number of morpholine rings is 1. The molecule has 0 saturated carbocycles. The number of ether oxygens (including phenoxy) is 1. The number of carbonyl (C=O) groups excluding carboxylic acids is 1. The maximum atomic E-state index is 12.2. The molecule has 7 heteroatoms. The Morgan fingerprint density at radius 2 is 1.85 bits per heavy atom. The zero-order valence-electron chi connectivity index (χ0n) is 15.3. The third-order valence-electron chi connectivity index (χ3n) is 4.45. The van der Waals surface area contributed by atoms with E-state index < -0.39 is 0 Å². The van der Waals surface area contributed by atoms with Crippen molar-refractivity contribution in [3.63, 3.8) is 0 Å². The topological polar surface area (TPSA) is 79.4 Å². The van der Waals surface area contributed by atoms with Crippen LogP contribution in [0.4, 0.5) is 11.5 Å². The molecule has 2 heterocycles. The molecule has 26 heavy (non-hydrogen) atoms. The van der Waals surface area contributed by atoms with Crippen LogP contribution < -0.4 is 10.6 Å². The average Bonchev–Trinajstić information content (AvgIpc) is 2.66. The largest absolute Gasteiger partial charge is 0.379 e. The smallest absolute Gasteiger partial charge is 0.271 e. The Labute approximate surface area is 153 Å². The van der Waals surface area contributed by atoms with Crippen molar-refractivity contribution in [3.8, 4) is 0 Å². The first kappa shape index (κ1) is 18.3. The van der Waals surface area contributed by atoms with Crippen LogP contribution in [-0.2, 0) is 4.74 Å². The quantitative estimate of drug-likeness (QED) is 0.824. The third-order valence-corrected chi connectivity index (χ3v) is 4.45. The first-order valence-electron chi connectivity index (χ1n) is 8.89. The van der Waals surface area contributed by atoms with Gasteiger partial charge in [-0.25, -0.2) is 0 Å². The molecule has 0 aliphatic carbocycles. The zero-order chi connectivity index (χ0) is 18.4. The molecule has 1 amide bonds. The number of hydrogen-bond donors (Lipinski definition) is 2. The standard InChI is InChI=1S/C19H25N5O2/c1-14-4-3-5-15(2)18(14)21-17-7-6-16(22-23-17)19(25)20-8-9-24-10-12-26-13-11-24/h3-7H,8-13H2,1-2H3,(H,20,25)(H,21,23). The van der Waals surface area contributed by atoms with Gasteiger partial charge >= 0.3 is 0 Å². The minimum Gasteiger partial charge on any atom is -0.379 e. The number of hydrogen-bond acceptors (Lipinski definition) is 6. The van der Waals surface area contributed by atoms with Crippen molar-refractivity contribution in [1.29, 1.82) is 0 Å². The van der Waals surface area contributed by atoms with Crippen LogP contribution in [0.25, 0.3) is 0 Å². The molecule has 2 N–H and O–H groups in total. The fourth-order valence-corrected chi connectivity index (χ4v) is 2.90. The van der Waals surface area contributed by atoms with Crippen molar-refractivity contribution < 1.29 is 9.53 Å². The fraction of sp³-hybridized carbons (Fsp3) is 0.421. The van der Waals surface area contributed by atoms with Gasteiger partial charge < -0.3 is 15.4 Å². The first-order valence-corrected chi connectivity index (χ1v) is 8.89. The van der Waals surface area contributed by atoms with E-state index in [0.717, 1.165) is 49.7 Å². The number of aromatic nitrogens is 2. The van der Waals surface area contributed by atoms with Gasteiger partial charge in [-0.15, -0.1) is 10.2 Å². The van der Waals surface area contributed by atoms with Crippen molar-refractivity contribution >= 4 is 17.4 Å². The lowest BCUT2D eigenvalue weighted by molar-refractivity contribution is 0.0383. The van der Waals surface area contributed by atoms with E-state index in [-0.39, 0.29) is 5.91 Å². The molecular formula is C19H25N5O2. The number of anilines is 2. The van der Waals surface area contributed by atoms with Gasteiger partial charge in [-0.1, -0.05) is 18.2 Å². The van der Waals surface area contributed by atoms with Crippen LogP contribution >= 0.6 is 0 Å². The second-order valence-electron chi connectivity index (χ2n) is 6.41. The highest BCUT2D eigenvalue weighted by atomic mass is 16.5. The minimum atomic E-state index is -0.204. The molecule has 0 bridgehead atoms. The number of amides is 1. The highest BCUT2D eigenvalue weighted by molar-refractivity contribution is 5.92. The Hall–Kier alpha value is -2.51. The Morgan fingerprint density at radius 3 is 2.50 bits per heavy atom. The molecule has 0 radical (unpaired) electrons. The molecule has 1 fully saturated rings. The number of benzene rings is 1. The summed E-state index contributed by atoms with van der Waals surface area (Å²) in [5, 5.41) is 14.3. The second kappa shape index (κ2) is 8.73. The van der Waals surface area contributed by atoms with Crippen molar-refractivity contribution in [2.75, 3.05) is 44.7 Å². The van der Waals surface area contributed by atoms with Crippen LogP contribution in [0.1, 0.15) is 21.6 Å². The molecule has 0 atom stereocenters. The molecule has 138 valence electrons. The van der Waals surface area contributed by atoms with Crippen LogP contribution in [0, 0.1) is 13.8 Å². The SMILES string of the molecule is Cc1cccc(C)c1Nc1ccc(C(=O)NCCN2CCOCC2)nn1. The van der Waals surface area contributed by atoms with E-state index in [1.54, 1.807) is 12.1 Å². The third kappa shape index (κ3) is 4.77. The molecule has 1 aliphatic heterocycles. The summed E-state index contributed by atoms with van der Waals surface area (Å²) in [6.07, 6.45) is 0. The van der Waals surface area contributed by atoms with Crippen LogP contribution in [0.15, 0.2) is 30.3 Å². The number of rotatable bonds is 6.